The van der Waals surface area contributed by atoms with Crippen LogP contribution >= 0.6 is 0 Å². The molecule has 1 aromatic carbocycles. The number of amides is 1. The molecule has 1 unspecified atom stereocenters. The zero-order chi connectivity index (χ0) is 18.3. The van der Waals surface area contributed by atoms with Gasteiger partial charge in [0.2, 0.25) is 5.91 Å². The number of carbonyl (C=O) groups excluding carboxylic acids is 2. The van der Waals surface area contributed by atoms with Gasteiger partial charge in [0.05, 0.1) is 11.4 Å². The Morgan fingerprint density at radius 1 is 1.19 bits per heavy atom. The minimum atomic E-state index is -2.95. The summed E-state index contributed by atoms with van der Waals surface area (Å²) in [6, 6.07) is 7.89. The van der Waals surface area contributed by atoms with Gasteiger partial charge in [-0.3, -0.25) is 9.59 Å². The summed E-state index contributed by atoms with van der Waals surface area (Å²) < 4.78 is 32.0. The summed E-state index contributed by atoms with van der Waals surface area (Å²) in [5.74, 6) is -0.161. The zero-order valence-corrected chi connectivity index (χ0v) is 14.0. The molecular weight excluding hydrogens is 342 g/mol. The van der Waals surface area contributed by atoms with Gasteiger partial charge >= 0.3 is 6.61 Å². The first-order chi connectivity index (χ1) is 12.6. The number of anilines is 1. The van der Waals surface area contributed by atoms with Crippen LogP contribution in [-0.4, -0.2) is 29.4 Å². The molecule has 136 valence electrons. The number of ether oxygens (including phenoxy) is 1. The summed E-state index contributed by atoms with van der Waals surface area (Å²) >= 11 is 0. The third kappa shape index (κ3) is 2.77. The molecule has 0 aliphatic carbocycles. The number of rotatable bonds is 3. The number of fused-ring (bicyclic) bond motifs is 2. The van der Waals surface area contributed by atoms with Crippen molar-refractivity contribution in [2.75, 3.05) is 11.4 Å². The monoisotopic (exact) mass is 360 g/mol. The number of para-hydroxylation sites is 1. The highest BCUT2D eigenvalue weighted by Crippen LogP contribution is 2.39. The van der Waals surface area contributed by atoms with Crippen LogP contribution in [0.25, 0.3) is 0 Å². The van der Waals surface area contributed by atoms with Crippen LogP contribution in [0.4, 0.5) is 14.5 Å². The molecule has 0 saturated heterocycles. The second-order valence-electron chi connectivity index (χ2n) is 6.51. The van der Waals surface area contributed by atoms with E-state index in [1.54, 1.807) is 33.9 Å². The van der Waals surface area contributed by atoms with Gasteiger partial charge in [0.25, 0.3) is 0 Å². The fraction of sp³-hybridized carbons (Fsp3) is 0.368. The van der Waals surface area contributed by atoms with Gasteiger partial charge in [-0.1, -0.05) is 12.1 Å². The average molecular weight is 360 g/mol. The smallest absolute Gasteiger partial charge is 0.387 e. The molecule has 26 heavy (non-hydrogen) atoms. The minimum absolute atomic E-state index is 0.0137. The number of benzene rings is 1. The summed E-state index contributed by atoms with van der Waals surface area (Å²) in [5.41, 5.74) is 1.76. The van der Waals surface area contributed by atoms with Crippen molar-refractivity contribution in [1.29, 1.82) is 0 Å². The number of carbonyl (C=O) groups is 2. The van der Waals surface area contributed by atoms with Crippen LogP contribution in [0.2, 0.25) is 0 Å². The molecular formula is C19H18F2N2O3. The lowest BCUT2D eigenvalue weighted by Crippen LogP contribution is -2.42. The molecule has 3 heterocycles. The van der Waals surface area contributed by atoms with Crippen molar-refractivity contribution >= 4 is 17.4 Å². The Balaban J connectivity index is 1.72. The number of hydrogen-bond acceptors (Lipinski definition) is 3. The second kappa shape index (κ2) is 6.55. The van der Waals surface area contributed by atoms with Crippen molar-refractivity contribution in [2.24, 2.45) is 0 Å². The number of nitrogens with zero attached hydrogens (tertiary/aromatic N) is 2. The molecule has 4 rings (SSSR count). The van der Waals surface area contributed by atoms with E-state index in [4.69, 9.17) is 0 Å². The van der Waals surface area contributed by atoms with Gasteiger partial charge in [0, 0.05) is 19.2 Å². The SMILES string of the molecule is O=C1CCC(C(=O)N2CCCc3cccc(OC(F)F)c32)n2cccc21. The van der Waals surface area contributed by atoms with Crippen LogP contribution in [-0.2, 0) is 11.2 Å². The highest BCUT2D eigenvalue weighted by molar-refractivity contribution is 6.02. The fourth-order valence-corrected chi connectivity index (χ4v) is 3.89. The largest absolute Gasteiger partial charge is 0.433 e. The number of ketones is 1. The van der Waals surface area contributed by atoms with E-state index in [0.717, 1.165) is 12.0 Å². The third-order valence-corrected chi connectivity index (χ3v) is 4.99. The first kappa shape index (κ1) is 16.8. The first-order valence-electron chi connectivity index (χ1n) is 8.64. The summed E-state index contributed by atoms with van der Waals surface area (Å²) in [6.45, 7) is -2.51. The van der Waals surface area contributed by atoms with Gasteiger partial charge < -0.3 is 14.2 Å². The molecule has 2 aliphatic heterocycles. The molecule has 1 amide bonds. The lowest BCUT2D eigenvalue weighted by Gasteiger charge is -2.35. The molecule has 1 aromatic heterocycles. The number of alkyl halides is 2. The minimum Gasteiger partial charge on any atom is -0.433 e. The Hall–Kier alpha value is -2.70. The Morgan fingerprint density at radius 2 is 2.04 bits per heavy atom. The van der Waals surface area contributed by atoms with Gasteiger partial charge in [-0.2, -0.15) is 8.78 Å². The summed E-state index contributed by atoms with van der Waals surface area (Å²) in [4.78, 5) is 26.8. The standard InChI is InChI=1S/C19H18F2N2O3/c20-19(21)26-16-7-1-4-12-5-2-11-23(17(12)16)18(25)14-8-9-15(24)13-6-3-10-22(13)14/h1,3-4,6-7,10,14,19H,2,5,8-9,11H2. The van der Waals surface area contributed by atoms with E-state index in [0.29, 0.717) is 37.2 Å². The fourth-order valence-electron chi connectivity index (χ4n) is 3.89. The third-order valence-electron chi connectivity index (χ3n) is 4.99. The molecule has 0 N–H and O–H groups in total. The van der Waals surface area contributed by atoms with Crippen molar-refractivity contribution in [3.8, 4) is 5.75 Å². The van der Waals surface area contributed by atoms with E-state index in [1.807, 2.05) is 6.07 Å². The number of halogens is 2. The van der Waals surface area contributed by atoms with E-state index in [9.17, 15) is 18.4 Å². The maximum atomic E-state index is 13.3. The van der Waals surface area contributed by atoms with Crippen LogP contribution in [0.15, 0.2) is 36.5 Å². The van der Waals surface area contributed by atoms with Gasteiger partial charge in [0.1, 0.15) is 11.8 Å². The Labute approximate surface area is 149 Å². The van der Waals surface area contributed by atoms with Gasteiger partial charge in [0.15, 0.2) is 5.78 Å². The molecule has 2 aliphatic rings. The maximum absolute atomic E-state index is 13.3. The van der Waals surface area contributed by atoms with Crippen molar-refractivity contribution in [3.05, 3.63) is 47.8 Å². The molecule has 0 saturated carbocycles. The topological polar surface area (TPSA) is 51.5 Å². The summed E-state index contributed by atoms with van der Waals surface area (Å²) in [7, 11) is 0. The van der Waals surface area contributed by atoms with Gasteiger partial charge in [-0.15, -0.1) is 0 Å². The molecule has 2 aromatic rings. The average Bonchev–Trinajstić information content (AvgIpc) is 3.11. The molecule has 0 radical (unpaired) electrons. The van der Waals surface area contributed by atoms with E-state index >= 15 is 0 Å². The predicted octanol–water partition coefficient (Wildman–Crippen LogP) is 3.59. The lowest BCUT2D eigenvalue weighted by atomic mass is 9.97. The zero-order valence-electron chi connectivity index (χ0n) is 14.0. The van der Waals surface area contributed by atoms with Crippen molar-refractivity contribution < 1.29 is 23.1 Å². The normalized spacial score (nSPS) is 19.3. The van der Waals surface area contributed by atoms with E-state index in [-0.39, 0.29) is 17.4 Å². The second-order valence-corrected chi connectivity index (χ2v) is 6.51. The molecule has 5 nitrogen and oxygen atoms in total. The van der Waals surface area contributed by atoms with Crippen molar-refractivity contribution in [2.45, 2.75) is 38.3 Å². The predicted molar refractivity (Wildman–Crippen MR) is 90.8 cm³/mol. The van der Waals surface area contributed by atoms with E-state index < -0.39 is 12.7 Å². The molecule has 0 bridgehead atoms. The maximum Gasteiger partial charge on any atom is 0.387 e. The Kier molecular flexibility index (Phi) is 4.22. The number of hydrogen-bond donors (Lipinski definition) is 0. The summed E-state index contributed by atoms with van der Waals surface area (Å²) in [5, 5.41) is 0. The Bertz CT molecular complexity index is 862. The highest BCUT2D eigenvalue weighted by atomic mass is 19.3. The first-order valence-corrected chi connectivity index (χ1v) is 8.64. The van der Waals surface area contributed by atoms with Crippen LogP contribution < -0.4 is 9.64 Å². The van der Waals surface area contributed by atoms with Crippen LogP contribution in [0.3, 0.4) is 0 Å². The van der Waals surface area contributed by atoms with Crippen LogP contribution in [0, 0.1) is 0 Å². The van der Waals surface area contributed by atoms with Gasteiger partial charge in [-0.25, -0.2) is 0 Å². The van der Waals surface area contributed by atoms with Crippen LogP contribution in [0.5, 0.6) is 5.75 Å². The number of aromatic nitrogens is 1. The lowest BCUT2D eigenvalue weighted by molar-refractivity contribution is -0.122. The Morgan fingerprint density at radius 3 is 2.85 bits per heavy atom. The van der Waals surface area contributed by atoms with Crippen molar-refractivity contribution in [3.63, 3.8) is 0 Å². The quantitative estimate of drug-likeness (QED) is 0.841. The number of Topliss-reactive ketones (excluding diaryl/α,β-unsaturated/α-hetero) is 1. The molecule has 0 fully saturated rings. The molecule has 0 spiro atoms. The van der Waals surface area contributed by atoms with E-state index in [2.05, 4.69) is 4.74 Å². The van der Waals surface area contributed by atoms with E-state index in [1.165, 1.54) is 6.07 Å². The van der Waals surface area contributed by atoms with Gasteiger partial charge in [-0.05, 0) is 43.0 Å². The van der Waals surface area contributed by atoms with Crippen LogP contribution in [0.1, 0.15) is 41.4 Å². The number of aryl methyl sites for hydroxylation is 1. The molecule has 1 atom stereocenters. The summed E-state index contributed by atoms with van der Waals surface area (Å²) in [6.07, 6.45) is 3.89. The molecule has 7 heteroatoms. The highest BCUT2D eigenvalue weighted by Gasteiger charge is 2.35. The van der Waals surface area contributed by atoms with Crippen molar-refractivity contribution in [1.82, 2.24) is 4.57 Å².